The van der Waals surface area contributed by atoms with Crippen molar-refractivity contribution in [3.05, 3.63) is 35.1 Å². The van der Waals surface area contributed by atoms with Crippen LogP contribution in [0.2, 0.25) is 0 Å². The quantitative estimate of drug-likeness (QED) is 0.840. The summed E-state index contributed by atoms with van der Waals surface area (Å²) >= 11 is 0. The van der Waals surface area contributed by atoms with E-state index in [-0.39, 0.29) is 17.0 Å². The minimum Gasteiger partial charge on any atom is -0.314 e. The molecule has 0 spiro atoms. The Morgan fingerprint density at radius 1 is 1.10 bits per heavy atom. The van der Waals surface area contributed by atoms with E-state index in [4.69, 9.17) is 0 Å². The molecule has 5 heteroatoms. The van der Waals surface area contributed by atoms with E-state index in [2.05, 4.69) is 10.2 Å². The summed E-state index contributed by atoms with van der Waals surface area (Å²) in [5.74, 6) is -2.79. The highest BCUT2D eigenvalue weighted by molar-refractivity contribution is 5.25. The predicted molar refractivity (Wildman–Crippen MR) is 73.0 cm³/mol. The zero-order chi connectivity index (χ0) is 14.9. The molecule has 1 aromatic rings. The average Bonchev–Trinajstić information content (AvgIpc) is 2.35. The highest BCUT2D eigenvalue weighted by Gasteiger charge is 2.35. The minimum absolute atomic E-state index is 0.108. The van der Waals surface area contributed by atoms with Crippen LogP contribution in [-0.2, 0) is 0 Å². The van der Waals surface area contributed by atoms with Crippen LogP contribution in [0.4, 0.5) is 13.2 Å². The standard InChI is InChI=1S/C15H21F3N2/c1-15(2,3)14(20-6-4-19-5-7-20)11-8-10(16)9-12(17)13(11)18/h8-9,14,19H,4-7H2,1-3H3/t14-/m0/s1. The molecule has 1 atom stereocenters. The van der Waals surface area contributed by atoms with Crippen molar-refractivity contribution in [3.63, 3.8) is 0 Å². The summed E-state index contributed by atoms with van der Waals surface area (Å²) in [4.78, 5) is 2.09. The molecule has 1 aliphatic rings. The normalized spacial score (nSPS) is 19.1. The Morgan fingerprint density at radius 2 is 1.70 bits per heavy atom. The summed E-state index contributed by atoms with van der Waals surface area (Å²) in [6, 6.07) is 1.36. The molecule has 0 radical (unpaired) electrons. The van der Waals surface area contributed by atoms with Gasteiger partial charge in [-0.3, -0.25) is 4.90 Å². The smallest absolute Gasteiger partial charge is 0.163 e. The van der Waals surface area contributed by atoms with Gasteiger partial charge in [-0.2, -0.15) is 0 Å². The summed E-state index contributed by atoms with van der Waals surface area (Å²) in [7, 11) is 0. The zero-order valence-electron chi connectivity index (χ0n) is 12.1. The Hall–Kier alpha value is -1.07. The Bertz CT molecular complexity index is 477. The number of piperazine rings is 1. The van der Waals surface area contributed by atoms with E-state index in [0.717, 1.165) is 32.2 Å². The Morgan fingerprint density at radius 3 is 2.25 bits per heavy atom. The number of benzene rings is 1. The lowest BCUT2D eigenvalue weighted by Crippen LogP contribution is -2.48. The van der Waals surface area contributed by atoms with E-state index in [1.54, 1.807) is 0 Å². The van der Waals surface area contributed by atoms with Gasteiger partial charge in [-0.15, -0.1) is 0 Å². The molecular weight excluding hydrogens is 265 g/mol. The first kappa shape index (κ1) is 15.3. The van der Waals surface area contributed by atoms with E-state index in [0.29, 0.717) is 6.07 Å². The van der Waals surface area contributed by atoms with E-state index in [9.17, 15) is 13.2 Å². The third-order valence-electron chi connectivity index (χ3n) is 3.65. The Kier molecular flexibility index (Phi) is 4.39. The number of hydrogen-bond acceptors (Lipinski definition) is 2. The summed E-state index contributed by atoms with van der Waals surface area (Å²) in [6.45, 7) is 8.95. The molecule has 0 bridgehead atoms. The first-order valence-corrected chi connectivity index (χ1v) is 6.90. The third-order valence-corrected chi connectivity index (χ3v) is 3.65. The highest BCUT2D eigenvalue weighted by atomic mass is 19.2. The average molecular weight is 286 g/mol. The topological polar surface area (TPSA) is 15.3 Å². The van der Waals surface area contributed by atoms with Gasteiger partial charge in [-0.05, 0) is 11.5 Å². The van der Waals surface area contributed by atoms with Gasteiger partial charge in [-0.1, -0.05) is 20.8 Å². The lowest BCUT2D eigenvalue weighted by molar-refractivity contribution is 0.0826. The van der Waals surface area contributed by atoms with Crippen LogP contribution in [0.5, 0.6) is 0 Å². The summed E-state index contributed by atoms with van der Waals surface area (Å²) in [6.07, 6.45) is 0. The first-order valence-electron chi connectivity index (χ1n) is 6.90. The fourth-order valence-electron chi connectivity index (χ4n) is 2.93. The maximum Gasteiger partial charge on any atom is 0.163 e. The SMILES string of the molecule is CC(C)(C)[C@H](c1cc(F)cc(F)c1F)N1CCNCC1. The number of halogens is 3. The summed E-state index contributed by atoms with van der Waals surface area (Å²) in [5.41, 5.74) is -0.213. The fourth-order valence-corrected chi connectivity index (χ4v) is 2.93. The maximum absolute atomic E-state index is 14.1. The van der Waals surface area contributed by atoms with Crippen LogP contribution < -0.4 is 5.32 Å². The van der Waals surface area contributed by atoms with Crippen LogP contribution in [0.25, 0.3) is 0 Å². The number of rotatable bonds is 2. The van der Waals surface area contributed by atoms with Crippen molar-refractivity contribution < 1.29 is 13.2 Å². The van der Waals surface area contributed by atoms with Gasteiger partial charge in [-0.25, -0.2) is 13.2 Å². The minimum atomic E-state index is -1.12. The predicted octanol–water partition coefficient (Wildman–Crippen LogP) is 3.10. The van der Waals surface area contributed by atoms with Gasteiger partial charge >= 0.3 is 0 Å². The molecule has 0 aliphatic carbocycles. The third kappa shape index (κ3) is 3.15. The van der Waals surface area contributed by atoms with Gasteiger partial charge in [0, 0.05) is 43.9 Å². The monoisotopic (exact) mass is 286 g/mol. The van der Waals surface area contributed by atoms with Crippen molar-refractivity contribution in [3.8, 4) is 0 Å². The largest absolute Gasteiger partial charge is 0.314 e. The second-order valence-electron chi connectivity index (χ2n) is 6.35. The van der Waals surface area contributed by atoms with Gasteiger partial charge in [0.2, 0.25) is 0 Å². The second kappa shape index (κ2) is 5.74. The van der Waals surface area contributed by atoms with Gasteiger partial charge < -0.3 is 5.32 Å². The molecule has 1 aromatic carbocycles. The fraction of sp³-hybridized carbons (Fsp3) is 0.600. The lowest BCUT2D eigenvalue weighted by atomic mass is 9.80. The van der Waals surface area contributed by atoms with Crippen LogP contribution >= 0.6 is 0 Å². The molecule has 1 fully saturated rings. The van der Waals surface area contributed by atoms with Crippen LogP contribution in [-0.4, -0.2) is 31.1 Å². The van der Waals surface area contributed by atoms with Crippen LogP contribution in [0.15, 0.2) is 12.1 Å². The molecule has 0 saturated carbocycles. The van der Waals surface area contributed by atoms with Crippen LogP contribution in [0.3, 0.4) is 0 Å². The van der Waals surface area contributed by atoms with Gasteiger partial charge in [0.25, 0.3) is 0 Å². The number of nitrogens with one attached hydrogen (secondary N) is 1. The summed E-state index contributed by atoms with van der Waals surface area (Å²) in [5, 5.41) is 3.23. The van der Waals surface area contributed by atoms with Crippen molar-refractivity contribution in [1.82, 2.24) is 10.2 Å². The Labute approximate surface area is 118 Å². The van der Waals surface area contributed by atoms with Gasteiger partial charge in [0.15, 0.2) is 11.6 Å². The van der Waals surface area contributed by atoms with Gasteiger partial charge in [0.05, 0.1) is 0 Å². The number of hydrogen-bond donors (Lipinski definition) is 1. The molecular formula is C15H21F3N2. The van der Waals surface area contributed by atoms with Crippen molar-refractivity contribution in [2.24, 2.45) is 5.41 Å². The molecule has 2 rings (SSSR count). The van der Waals surface area contributed by atoms with Crippen molar-refractivity contribution >= 4 is 0 Å². The molecule has 1 saturated heterocycles. The molecule has 1 aliphatic heterocycles. The van der Waals surface area contributed by atoms with Crippen molar-refractivity contribution in [2.45, 2.75) is 26.8 Å². The highest BCUT2D eigenvalue weighted by Crippen LogP contribution is 2.39. The van der Waals surface area contributed by atoms with E-state index in [1.807, 2.05) is 20.8 Å². The van der Waals surface area contributed by atoms with E-state index in [1.165, 1.54) is 0 Å². The molecule has 1 heterocycles. The molecule has 0 amide bonds. The number of nitrogens with zero attached hydrogens (tertiary/aromatic N) is 1. The molecule has 0 aromatic heterocycles. The zero-order valence-corrected chi connectivity index (χ0v) is 12.1. The molecule has 20 heavy (non-hydrogen) atoms. The van der Waals surface area contributed by atoms with Crippen LogP contribution in [0, 0.1) is 22.9 Å². The first-order chi connectivity index (χ1) is 9.30. The van der Waals surface area contributed by atoms with E-state index < -0.39 is 17.5 Å². The molecule has 2 nitrogen and oxygen atoms in total. The van der Waals surface area contributed by atoms with E-state index >= 15 is 0 Å². The molecule has 112 valence electrons. The van der Waals surface area contributed by atoms with Crippen molar-refractivity contribution in [2.75, 3.05) is 26.2 Å². The molecule has 1 N–H and O–H groups in total. The van der Waals surface area contributed by atoms with Crippen molar-refractivity contribution in [1.29, 1.82) is 0 Å². The van der Waals surface area contributed by atoms with Crippen LogP contribution in [0.1, 0.15) is 32.4 Å². The lowest BCUT2D eigenvalue weighted by Gasteiger charge is -2.42. The second-order valence-corrected chi connectivity index (χ2v) is 6.35. The molecule has 0 unspecified atom stereocenters. The maximum atomic E-state index is 14.1. The summed E-state index contributed by atoms with van der Waals surface area (Å²) < 4.78 is 41.1. The van der Waals surface area contributed by atoms with Gasteiger partial charge in [0.1, 0.15) is 5.82 Å². The Balaban J connectivity index is 2.46.